The number of carbonyl (C=O) groups is 1. The van der Waals surface area contributed by atoms with Crippen molar-refractivity contribution in [1.82, 2.24) is 9.13 Å². The van der Waals surface area contributed by atoms with Gasteiger partial charge in [-0.25, -0.2) is 9.59 Å². The van der Waals surface area contributed by atoms with Crippen molar-refractivity contribution in [2.75, 3.05) is 27.9 Å². The summed E-state index contributed by atoms with van der Waals surface area (Å²) in [7, 11) is 4.30. The van der Waals surface area contributed by atoms with Gasteiger partial charge in [-0.1, -0.05) is 36.1 Å². The average Bonchev–Trinajstić information content (AvgIpc) is 2.91. The number of esters is 1. The molecule has 3 aromatic rings. The fourth-order valence-corrected chi connectivity index (χ4v) is 3.58. The normalized spacial score (nSPS) is 10.3. The zero-order chi connectivity index (χ0) is 26.1. The Morgan fingerprint density at radius 1 is 0.861 bits per heavy atom. The Hall–Kier alpha value is -4.29. The highest BCUT2D eigenvalue weighted by molar-refractivity contribution is 5.90. The summed E-state index contributed by atoms with van der Waals surface area (Å²) in [6.07, 6.45) is 1.07. The summed E-state index contributed by atoms with van der Waals surface area (Å²) in [5.74, 6) is 6.18. The minimum absolute atomic E-state index is 0.0107. The Kier molecular flexibility index (Phi) is 9.08. The number of nitrogens with zero attached hydrogens (tertiary/aromatic N) is 2. The van der Waals surface area contributed by atoms with Gasteiger partial charge in [0, 0.05) is 6.42 Å². The molecule has 2 aromatic carbocycles. The van der Waals surface area contributed by atoms with E-state index in [4.69, 9.17) is 19.9 Å². The highest BCUT2D eigenvalue weighted by Crippen LogP contribution is 2.15. The lowest BCUT2D eigenvalue weighted by Crippen LogP contribution is -2.44. The molecule has 9 nitrogen and oxygen atoms in total. The van der Waals surface area contributed by atoms with Gasteiger partial charge < -0.3 is 19.9 Å². The van der Waals surface area contributed by atoms with Gasteiger partial charge in [-0.2, -0.15) is 0 Å². The summed E-state index contributed by atoms with van der Waals surface area (Å²) < 4.78 is 17.6. The fourth-order valence-electron chi connectivity index (χ4n) is 3.58. The van der Waals surface area contributed by atoms with Crippen LogP contribution in [0.3, 0.4) is 0 Å². The molecule has 0 fully saturated rings. The summed E-state index contributed by atoms with van der Waals surface area (Å²) in [4.78, 5) is 39.9. The molecule has 0 aliphatic carbocycles. The molecule has 0 saturated heterocycles. The van der Waals surface area contributed by atoms with E-state index in [2.05, 4.69) is 11.8 Å². The number of methoxy groups -OCH3 is 3. The van der Waals surface area contributed by atoms with E-state index in [0.717, 1.165) is 10.1 Å². The van der Waals surface area contributed by atoms with E-state index in [9.17, 15) is 14.4 Å². The second-order valence-corrected chi connectivity index (χ2v) is 7.87. The summed E-state index contributed by atoms with van der Waals surface area (Å²) in [6, 6.07) is 14.1. The van der Waals surface area contributed by atoms with E-state index in [1.54, 1.807) is 62.8 Å². The quantitative estimate of drug-likeness (QED) is 0.277. The number of nitrogens with two attached hydrogens (primary N) is 1. The molecule has 0 aliphatic heterocycles. The van der Waals surface area contributed by atoms with Crippen LogP contribution in [0.4, 0.5) is 0 Å². The molecule has 0 saturated carbocycles. The van der Waals surface area contributed by atoms with Gasteiger partial charge in [-0.3, -0.25) is 13.9 Å². The molecule has 2 N–H and O–H groups in total. The lowest BCUT2D eigenvalue weighted by atomic mass is 10.1. The third kappa shape index (κ3) is 6.03. The zero-order valence-corrected chi connectivity index (χ0v) is 20.6. The highest BCUT2D eigenvalue weighted by Gasteiger charge is 2.24. The molecule has 0 atom stereocenters. The molecule has 0 unspecified atom stereocenters. The van der Waals surface area contributed by atoms with E-state index < -0.39 is 17.2 Å². The number of benzene rings is 2. The van der Waals surface area contributed by atoms with Crippen LogP contribution in [-0.4, -0.2) is 43.0 Å². The first kappa shape index (κ1) is 26.3. The van der Waals surface area contributed by atoms with Crippen molar-refractivity contribution in [3.63, 3.8) is 0 Å². The average molecular weight is 492 g/mol. The molecule has 0 aliphatic rings. The molecule has 188 valence electrons. The van der Waals surface area contributed by atoms with Crippen LogP contribution in [0, 0.1) is 11.8 Å². The Bertz CT molecular complexity index is 1380. The largest absolute Gasteiger partial charge is 0.497 e. The van der Waals surface area contributed by atoms with Gasteiger partial charge in [0.15, 0.2) is 5.69 Å². The van der Waals surface area contributed by atoms with E-state index in [-0.39, 0.29) is 24.3 Å². The van der Waals surface area contributed by atoms with Crippen LogP contribution in [0.25, 0.3) is 0 Å². The van der Waals surface area contributed by atoms with Gasteiger partial charge in [0.2, 0.25) is 0 Å². The molecule has 0 amide bonds. The van der Waals surface area contributed by atoms with Gasteiger partial charge >= 0.3 is 11.7 Å². The molecule has 0 radical (unpaired) electrons. The summed E-state index contributed by atoms with van der Waals surface area (Å²) >= 11 is 0. The molecule has 0 bridgehead atoms. The van der Waals surface area contributed by atoms with Gasteiger partial charge in [-0.15, -0.1) is 0 Å². The summed E-state index contributed by atoms with van der Waals surface area (Å²) in [6.45, 7) is 0.452. The smallest absolute Gasteiger partial charge is 0.356 e. The standard InChI is InChI=1S/C27H29N3O6/c1-34-21-12-8-19(9-13-21)17-29-24(26(32)36-3)23(7-5-4-6-16-28)25(31)30(27(29)33)18-20-10-14-22(35-2)15-11-20/h8-15H,4,6,16-18,28H2,1-3H3. The number of rotatable bonds is 9. The lowest BCUT2D eigenvalue weighted by molar-refractivity contribution is 0.0585. The van der Waals surface area contributed by atoms with Gasteiger partial charge in [0.05, 0.1) is 34.4 Å². The number of hydrogen-bond donors (Lipinski definition) is 1. The number of hydrogen-bond acceptors (Lipinski definition) is 7. The van der Waals surface area contributed by atoms with Gasteiger partial charge in [0.1, 0.15) is 17.1 Å². The molecule has 1 aromatic heterocycles. The SMILES string of the molecule is COC(=O)c1c(C#CCCCN)c(=O)n(Cc2ccc(OC)cc2)c(=O)n1Cc1ccc(OC)cc1. The molecule has 3 rings (SSSR count). The molecule has 36 heavy (non-hydrogen) atoms. The maximum atomic E-state index is 13.6. The van der Waals surface area contributed by atoms with Crippen LogP contribution < -0.4 is 26.5 Å². The number of aromatic nitrogens is 2. The van der Waals surface area contributed by atoms with Crippen LogP contribution in [0.15, 0.2) is 58.1 Å². The van der Waals surface area contributed by atoms with Crippen LogP contribution >= 0.6 is 0 Å². The second-order valence-electron chi connectivity index (χ2n) is 7.87. The fraction of sp³-hybridized carbons (Fsp3) is 0.296. The number of unbranched alkanes of at least 4 members (excludes halogenated alkanes) is 1. The zero-order valence-electron chi connectivity index (χ0n) is 20.6. The van der Waals surface area contributed by atoms with Gasteiger partial charge in [-0.05, 0) is 48.4 Å². The third-order valence-corrected chi connectivity index (χ3v) is 5.53. The monoisotopic (exact) mass is 491 g/mol. The lowest BCUT2D eigenvalue weighted by Gasteiger charge is -2.17. The van der Waals surface area contributed by atoms with E-state index in [1.165, 1.54) is 11.7 Å². The van der Waals surface area contributed by atoms with Crippen LogP contribution in [0.1, 0.15) is 40.0 Å². The van der Waals surface area contributed by atoms with Crippen molar-refractivity contribution < 1.29 is 19.0 Å². The summed E-state index contributed by atoms with van der Waals surface area (Å²) in [5, 5.41) is 0. The topological polar surface area (TPSA) is 115 Å². The third-order valence-electron chi connectivity index (χ3n) is 5.53. The van der Waals surface area contributed by atoms with Crippen molar-refractivity contribution in [3.05, 3.63) is 91.8 Å². The van der Waals surface area contributed by atoms with Crippen LogP contribution in [0.2, 0.25) is 0 Å². The first-order chi connectivity index (χ1) is 17.4. The highest BCUT2D eigenvalue weighted by atomic mass is 16.5. The Labute approximate surface area is 209 Å². The first-order valence-corrected chi connectivity index (χ1v) is 11.3. The Morgan fingerprint density at radius 2 is 1.39 bits per heavy atom. The number of carbonyl (C=O) groups excluding carboxylic acids is 1. The molecule has 1 heterocycles. The predicted octanol–water partition coefficient (Wildman–Crippen LogP) is 2.00. The Balaban J connectivity index is 2.22. The van der Waals surface area contributed by atoms with Crippen molar-refractivity contribution in [2.24, 2.45) is 5.73 Å². The van der Waals surface area contributed by atoms with E-state index in [1.807, 2.05) is 0 Å². The molecule has 0 spiro atoms. The maximum Gasteiger partial charge on any atom is 0.356 e. The van der Waals surface area contributed by atoms with Crippen molar-refractivity contribution in [2.45, 2.75) is 25.9 Å². The molecule has 9 heteroatoms. The number of ether oxygens (including phenoxy) is 3. The summed E-state index contributed by atoms with van der Waals surface area (Å²) in [5.41, 5.74) is 5.38. The minimum Gasteiger partial charge on any atom is -0.497 e. The minimum atomic E-state index is -0.822. The van der Waals surface area contributed by atoms with E-state index >= 15 is 0 Å². The first-order valence-electron chi connectivity index (χ1n) is 11.3. The van der Waals surface area contributed by atoms with Gasteiger partial charge in [0.25, 0.3) is 5.56 Å². The van der Waals surface area contributed by atoms with Crippen molar-refractivity contribution >= 4 is 5.97 Å². The second kappa shape index (κ2) is 12.4. The van der Waals surface area contributed by atoms with Crippen LogP contribution in [0.5, 0.6) is 11.5 Å². The van der Waals surface area contributed by atoms with Crippen molar-refractivity contribution in [1.29, 1.82) is 0 Å². The molecular weight excluding hydrogens is 462 g/mol. The van der Waals surface area contributed by atoms with Crippen LogP contribution in [-0.2, 0) is 17.8 Å². The molecular formula is C27H29N3O6. The Morgan fingerprint density at radius 3 is 1.86 bits per heavy atom. The van der Waals surface area contributed by atoms with Crippen molar-refractivity contribution in [3.8, 4) is 23.3 Å². The predicted molar refractivity (Wildman–Crippen MR) is 136 cm³/mol. The maximum absolute atomic E-state index is 13.6. The van der Waals surface area contributed by atoms with E-state index in [0.29, 0.717) is 36.4 Å².